The summed E-state index contributed by atoms with van der Waals surface area (Å²) in [5.41, 5.74) is 1.20. The molecule has 9 heteroatoms. The lowest BCUT2D eigenvalue weighted by Crippen LogP contribution is -2.31. The Morgan fingerprint density at radius 2 is 2.24 bits per heavy atom. The molecule has 0 spiro atoms. The van der Waals surface area contributed by atoms with Gasteiger partial charge in [0.1, 0.15) is 11.4 Å². The van der Waals surface area contributed by atoms with Gasteiger partial charge in [0.05, 0.1) is 12.6 Å². The summed E-state index contributed by atoms with van der Waals surface area (Å²) in [7, 11) is 0. The van der Waals surface area contributed by atoms with Crippen LogP contribution in [0.4, 0.5) is 0 Å². The fourth-order valence-corrected chi connectivity index (χ4v) is 1.47. The van der Waals surface area contributed by atoms with Crippen LogP contribution in [0.15, 0.2) is 39.0 Å². The van der Waals surface area contributed by atoms with Gasteiger partial charge in [-0.3, -0.25) is 14.6 Å². The second-order valence-corrected chi connectivity index (χ2v) is 4.02. The molecule has 108 valence electrons. The quantitative estimate of drug-likeness (QED) is 0.416. The van der Waals surface area contributed by atoms with E-state index < -0.39 is 17.2 Å². The largest absolute Gasteiger partial charge is 0.508 e. The maximum atomic E-state index is 11.5. The standard InChI is InChI=1S/C12H11N5O4/c18-8-3-1-2-7(4-8)6-13-16-10(19)5-9-11(20)14-12(21)17-15-9/h1-4,6,18H,5H2,(H,16,19)(H2,14,17,20,21)/b13-6-. The van der Waals surface area contributed by atoms with Crippen molar-refractivity contribution in [1.82, 2.24) is 20.6 Å². The zero-order valence-electron chi connectivity index (χ0n) is 10.7. The summed E-state index contributed by atoms with van der Waals surface area (Å²) in [5, 5.41) is 18.4. The smallest absolute Gasteiger partial charge is 0.342 e. The van der Waals surface area contributed by atoms with Crippen molar-refractivity contribution in [1.29, 1.82) is 0 Å². The third-order valence-corrected chi connectivity index (χ3v) is 2.38. The highest BCUT2D eigenvalue weighted by atomic mass is 16.3. The zero-order valence-corrected chi connectivity index (χ0v) is 10.7. The van der Waals surface area contributed by atoms with Gasteiger partial charge in [0.2, 0.25) is 5.91 Å². The molecule has 0 saturated heterocycles. The Balaban J connectivity index is 1.96. The lowest BCUT2D eigenvalue weighted by atomic mass is 10.2. The Morgan fingerprint density at radius 1 is 1.43 bits per heavy atom. The van der Waals surface area contributed by atoms with Crippen LogP contribution < -0.4 is 16.7 Å². The minimum Gasteiger partial charge on any atom is -0.508 e. The molecule has 9 nitrogen and oxygen atoms in total. The van der Waals surface area contributed by atoms with Gasteiger partial charge in [-0.1, -0.05) is 12.1 Å². The van der Waals surface area contributed by atoms with Crippen molar-refractivity contribution in [2.75, 3.05) is 0 Å². The van der Waals surface area contributed by atoms with Gasteiger partial charge in [-0.05, 0) is 17.7 Å². The number of benzene rings is 1. The van der Waals surface area contributed by atoms with Crippen LogP contribution in [-0.4, -0.2) is 32.4 Å². The monoisotopic (exact) mass is 289 g/mol. The molecular weight excluding hydrogens is 278 g/mol. The summed E-state index contributed by atoms with van der Waals surface area (Å²) in [6.07, 6.45) is 1.01. The molecule has 0 aliphatic heterocycles. The molecule has 1 amide bonds. The number of hydrogen-bond acceptors (Lipinski definition) is 6. The minimum absolute atomic E-state index is 0.0780. The van der Waals surface area contributed by atoms with E-state index in [0.29, 0.717) is 5.56 Å². The molecule has 2 aromatic rings. The highest BCUT2D eigenvalue weighted by Crippen LogP contribution is 2.08. The van der Waals surface area contributed by atoms with Gasteiger partial charge in [-0.2, -0.15) is 10.2 Å². The van der Waals surface area contributed by atoms with E-state index in [1.54, 1.807) is 12.1 Å². The molecule has 1 aromatic heterocycles. The van der Waals surface area contributed by atoms with E-state index in [-0.39, 0.29) is 17.9 Å². The summed E-state index contributed by atoms with van der Waals surface area (Å²) in [5.74, 6) is -0.495. The predicted molar refractivity (Wildman–Crippen MR) is 73.0 cm³/mol. The molecule has 0 saturated carbocycles. The van der Waals surface area contributed by atoms with Gasteiger partial charge in [-0.25, -0.2) is 15.3 Å². The second kappa shape index (κ2) is 6.28. The number of carbonyl (C=O) groups is 1. The van der Waals surface area contributed by atoms with Crippen LogP contribution in [0.2, 0.25) is 0 Å². The molecule has 0 aliphatic carbocycles. The van der Waals surface area contributed by atoms with Crippen molar-refractivity contribution >= 4 is 12.1 Å². The van der Waals surface area contributed by atoms with Gasteiger partial charge in [0.25, 0.3) is 5.56 Å². The summed E-state index contributed by atoms with van der Waals surface area (Å²) in [4.78, 5) is 35.6. The highest BCUT2D eigenvalue weighted by Gasteiger charge is 2.08. The Morgan fingerprint density at radius 3 is 2.95 bits per heavy atom. The number of aromatic hydroxyl groups is 1. The first-order valence-electron chi connectivity index (χ1n) is 5.83. The number of amides is 1. The molecule has 0 bridgehead atoms. The Kier molecular flexibility index (Phi) is 4.24. The number of phenols is 1. The van der Waals surface area contributed by atoms with Gasteiger partial charge in [-0.15, -0.1) is 0 Å². The summed E-state index contributed by atoms with van der Waals surface area (Å²) in [6, 6.07) is 6.28. The van der Waals surface area contributed by atoms with Crippen LogP contribution in [0, 0.1) is 0 Å². The molecular formula is C12H11N5O4. The van der Waals surface area contributed by atoms with Crippen LogP contribution >= 0.6 is 0 Å². The summed E-state index contributed by atoms with van der Waals surface area (Å²) < 4.78 is 0. The first kappa shape index (κ1) is 14.2. The lowest BCUT2D eigenvalue weighted by molar-refractivity contribution is -0.120. The Hall–Kier alpha value is -3.23. The summed E-state index contributed by atoms with van der Waals surface area (Å²) in [6.45, 7) is 0. The number of H-pyrrole nitrogens is 2. The number of nitrogens with zero attached hydrogens (tertiary/aromatic N) is 2. The number of hydrazone groups is 1. The van der Waals surface area contributed by atoms with E-state index in [1.807, 2.05) is 10.1 Å². The van der Waals surface area contributed by atoms with Gasteiger partial charge in [0, 0.05) is 0 Å². The number of aromatic nitrogens is 3. The van der Waals surface area contributed by atoms with Crippen LogP contribution in [-0.2, 0) is 11.2 Å². The van der Waals surface area contributed by atoms with Gasteiger partial charge in [0.15, 0.2) is 0 Å². The van der Waals surface area contributed by atoms with E-state index in [4.69, 9.17) is 0 Å². The fourth-order valence-electron chi connectivity index (χ4n) is 1.47. The number of nitrogens with one attached hydrogen (secondary N) is 3. The van der Waals surface area contributed by atoms with Crippen LogP contribution in [0.1, 0.15) is 11.3 Å². The third-order valence-electron chi connectivity index (χ3n) is 2.38. The average Bonchev–Trinajstić information content (AvgIpc) is 2.42. The van der Waals surface area contributed by atoms with Crippen molar-refractivity contribution in [2.24, 2.45) is 5.10 Å². The molecule has 0 fully saturated rings. The van der Waals surface area contributed by atoms with E-state index >= 15 is 0 Å². The normalized spacial score (nSPS) is 10.7. The molecule has 4 N–H and O–H groups in total. The first-order chi connectivity index (χ1) is 10.0. The van der Waals surface area contributed by atoms with Crippen molar-refractivity contribution in [3.8, 4) is 5.75 Å². The molecule has 21 heavy (non-hydrogen) atoms. The van der Waals surface area contributed by atoms with Crippen molar-refractivity contribution < 1.29 is 9.90 Å². The molecule has 2 rings (SSSR count). The third kappa shape index (κ3) is 4.13. The van der Waals surface area contributed by atoms with Crippen molar-refractivity contribution in [3.05, 3.63) is 56.4 Å². The minimum atomic E-state index is -0.744. The maximum Gasteiger partial charge on any atom is 0.342 e. The zero-order chi connectivity index (χ0) is 15.2. The predicted octanol–water partition coefficient (Wildman–Crippen LogP) is -1.14. The Bertz CT molecular complexity index is 792. The number of carbonyl (C=O) groups excluding carboxylic acids is 1. The van der Waals surface area contributed by atoms with Crippen LogP contribution in [0.5, 0.6) is 5.75 Å². The maximum absolute atomic E-state index is 11.5. The molecule has 0 unspecified atom stereocenters. The molecule has 1 heterocycles. The molecule has 0 aliphatic rings. The van der Waals surface area contributed by atoms with Gasteiger partial charge < -0.3 is 5.11 Å². The topological polar surface area (TPSA) is 140 Å². The fraction of sp³-hybridized carbons (Fsp3) is 0.0833. The van der Waals surface area contributed by atoms with E-state index in [1.165, 1.54) is 18.3 Å². The van der Waals surface area contributed by atoms with Crippen LogP contribution in [0.25, 0.3) is 0 Å². The number of hydrogen-bond donors (Lipinski definition) is 4. The SMILES string of the molecule is O=C(Cc1n[nH]c(=O)[nH]c1=O)N/N=C\c1cccc(O)c1. The van der Waals surface area contributed by atoms with E-state index in [9.17, 15) is 19.5 Å². The molecule has 0 radical (unpaired) electrons. The van der Waals surface area contributed by atoms with Crippen molar-refractivity contribution in [3.63, 3.8) is 0 Å². The molecule has 0 atom stereocenters. The summed E-state index contributed by atoms with van der Waals surface area (Å²) >= 11 is 0. The van der Waals surface area contributed by atoms with E-state index in [2.05, 4.69) is 15.6 Å². The number of phenolic OH excluding ortho intramolecular Hbond substituents is 1. The van der Waals surface area contributed by atoms with Crippen molar-refractivity contribution in [2.45, 2.75) is 6.42 Å². The Labute approximate surface area is 117 Å². The molecule has 1 aromatic carbocycles. The second-order valence-electron chi connectivity index (χ2n) is 4.02. The number of rotatable bonds is 4. The van der Waals surface area contributed by atoms with Crippen LogP contribution in [0.3, 0.4) is 0 Å². The average molecular weight is 289 g/mol. The first-order valence-corrected chi connectivity index (χ1v) is 5.83. The van der Waals surface area contributed by atoms with Gasteiger partial charge >= 0.3 is 5.69 Å². The number of aromatic amines is 2. The lowest BCUT2D eigenvalue weighted by Gasteiger charge is -1.98. The van der Waals surface area contributed by atoms with E-state index in [0.717, 1.165) is 0 Å². The highest BCUT2D eigenvalue weighted by molar-refractivity contribution is 5.83.